The summed E-state index contributed by atoms with van der Waals surface area (Å²) in [7, 11) is 1.90. The van der Waals surface area contributed by atoms with Crippen molar-refractivity contribution in [1.82, 2.24) is 9.80 Å². The average Bonchev–Trinajstić information content (AvgIpc) is 2.76. The van der Waals surface area contributed by atoms with Gasteiger partial charge in [0, 0.05) is 65.0 Å². The topological polar surface area (TPSA) is 56.3 Å². The van der Waals surface area contributed by atoms with Gasteiger partial charge in [-0.1, -0.05) is 0 Å². The van der Waals surface area contributed by atoms with Crippen molar-refractivity contribution in [2.75, 3.05) is 51.3 Å². The highest BCUT2D eigenvalue weighted by Gasteiger charge is 2.43. The van der Waals surface area contributed by atoms with Crippen LogP contribution in [0.1, 0.15) is 45.4 Å². The molecule has 172 valence electrons. The second-order valence-corrected chi connectivity index (χ2v) is 9.77. The minimum absolute atomic E-state index is 0.119. The highest BCUT2D eigenvalue weighted by molar-refractivity contribution is 5.73. The molecule has 1 atom stereocenters. The number of rotatable bonds is 4. The van der Waals surface area contributed by atoms with Gasteiger partial charge in [0.25, 0.3) is 0 Å². The Bertz CT molecular complexity index is 756. The number of piperidine rings is 2. The van der Waals surface area contributed by atoms with E-state index >= 15 is 0 Å². The van der Waals surface area contributed by atoms with Gasteiger partial charge >= 0.3 is 0 Å². The van der Waals surface area contributed by atoms with Crippen molar-refractivity contribution in [1.29, 1.82) is 0 Å². The summed E-state index contributed by atoms with van der Waals surface area (Å²) in [6, 6.07) is 6.87. The molecule has 3 heterocycles. The van der Waals surface area contributed by atoms with Crippen LogP contribution in [0.3, 0.4) is 0 Å². The number of carbonyl (C=O) groups is 1. The van der Waals surface area contributed by atoms with Crippen LogP contribution in [0.25, 0.3) is 0 Å². The molecule has 0 aromatic heterocycles. The molecule has 7 heteroatoms. The molecule has 0 radical (unpaired) electrons. The Balaban J connectivity index is 1.27. The maximum absolute atomic E-state index is 13.2. The summed E-state index contributed by atoms with van der Waals surface area (Å²) in [4.78, 5) is 18.2. The van der Waals surface area contributed by atoms with Crippen LogP contribution in [0.2, 0.25) is 0 Å². The van der Waals surface area contributed by atoms with Gasteiger partial charge in [0.05, 0.1) is 11.2 Å². The minimum atomic E-state index is -0.675. The zero-order valence-electron chi connectivity index (χ0n) is 18.9. The number of ether oxygens (including phenoxy) is 1. The lowest BCUT2D eigenvalue weighted by molar-refractivity contribution is -0.149. The van der Waals surface area contributed by atoms with E-state index in [-0.39, 0.29) is 23.4 Å². The average molecular weight is 434 g/mol. The molecular formula is C24H36FN3O3. The van der Waals surface area contributed by atoms with Crippen LogP contribution in [0.15, 0.2) is 24.3 Å². The molecule has 1 amide bonds. The molecule has 3 fully saturated rings. The molecule has 4 rings (SSSR count). The van der Waals surface area contributed by atoms with Crippen molar-refractivity contribution in [2.24, 2.45) is 0 Å². The Labute approximate surface area is 184 Å². The number of likely N-dealkylation sites (tertiary alicyclic amines) is 1. The van der Waals surface area contributed by atoms with Gasteiger partial charge in [0.15, 0.2) is 0 Å². The van der Waals surface area contributed by atoms with E-state index in [2.05, 4.69) is 9.80 Å². The van der Waals surface area contributed by atoms with Crippen molar-refractivity contribution < 1.29 is 19.0 Å². The first-order valence-electron chi connectivity index (χ1n) is 11.6. The van der Waals surface area contributed by atoms with Gasteiger partial charge in [-0.3, -0.25) is 4.79 Å². The zero-order chi connectivity index (χ0) is 22.1. The molecule has 31 heavy (non-hydrogen) atoms. The second-order valence-electron chi connectivity index (χ2n) is 9.77. The first-order valence-corrected chi connectivity index (χ1v) is 11.6. The molecule has 6 nitrogen and oxygen atoms in total. The molecular weight excluding hydrogens is 397 g/mol. The van der Waals surface area contributed by atoms with Crippen LogP contribution in [0, 0.1) is 5.82 Å². The monoisotopic (exact) mass is 433 g/mol. The number of benzene rings is 1. The van der Waals surface area contributed by atoms with E-state index in [1.807, 2.05) is 24.1 Å². The van der Waals surface area contributed by atoms with Gasteiger partial charge in [-0.15, -0.1) is 0 Å². The fraction of sp³-hybridized carbons (Fsp3) is 0.708. The third-order valence-electron chi connectivity index (χ3n) is 7.68. The number of amides is 1. The van der Waals surface area contributed by atoms with E-state index in [9.17, 15) is 14.3 Å². The lowest BCUT2D eigenvalue weighted by atomic mass is 9.81. The molecule has 1 unspecified atom stereocenters. The Kier molecular flexibility index (Phi) is 6.56. The molecule has 3 saturated heterocycles. The lowest BCUT2D eigenvalue weighted by Gasteiger charge is -2.49. The van der Waals surface area contributed by atoms with E-state index in [0.717, 1.165) is 57.5 Å². The van der Waals surface area contributed by atoms with Gasteiger partial charge in [-0.2, -0.15) is 0 Å². The molecule has 0 aliphatic carbocycles. The van der Waals surface area contributed by atoms with Crippen molar-refractivity contribution in [3.05, 3.63) is 30.1 Å². The number of anilines is 1. The fourth-order valence-electron chi connectivity index (χ4n) is 5.46. The molecule has 1 spiro atoms. The summed E-state index contributed by atoms with van der Waals surface area (Å²) < 4.78 is 19.4. The van der Waals surface area contributed by atoms with E-state index in [0.29, 0.717) is 26.0 Å². The van der Waals surface area contributed by atoms with Crippen LogP contribution >= 0.6 is 0 Å². The standard InChI is InChI=1S/C24H36FN3O3/c1-19(29)26(2)22-7-16-31-24(17-22)10-12-27(13-11-24)18-23(30)8-14-28(15-9-23)21-5-3-20(25)4-6-21/h3-6,22,30H,7-18H2,1-2H3. The Morgan fingerprint density at radius 1 is 1.16 bits per heavy atom. The van der Waals surface area contributed by atoms with Crippen LogP contribution < -0.4 is 4.90 Å². The number of hydrogen-bond donors (Lipinski definition) is 1. The number of halogens is 1. The van der Waals surface area contributed by atoms with E-state index in [4.69, 9.17) is 4.74 Å². The highest BCUT2D eigenvalue weighted by Crippen LogP contribution is 2.37. The number of hydrogen-bond acceptors (Lipinski definition) is 5. The molecule has 1 N–H and O–H groups in total. The molecule has 3 aliphatic heterocycles. The van der Waals surface area contributed by atoms with E-state index in [1.54, 1.807) is 6.92 Å². The quantitative estimate of drug-likeness (QED) is 0.791. The van der Waals surface area contributed by atoms with Crippen LogP contribution in [-0.2, 0) is 9.53 Å². The Morgan fingerprint density at radius 2 is 1.81 bits per heavy atom. The van der Waals surface area contributed by atoms with Crippen molar-refractivity contribution in [3.8, 4) is 0 Å². The molecule has 3 aliphatic rings. The summed E-state index contributed by atoms with van der Waals surface area (Å²) in [6.45, 7) is 6.43. The molecule has 1 aromatic carbocycles. The van der Waals surface area contributed by atoms with Crippen molar-refractivity contribution >= 4 is 11.6 Å². The third-order valence-corrected chi connectivity index (χ3v) is 7.68. The van der Waals surface area contributed by atoms with Crippen LogP contribution in [0.4, 0.5) is 10.1 Å². The summed E-state index contributed by atoms with van der Waals surface area (Å²) in [5, 5.41) is 11.2. The van der Waals surface area contributed by atoms with Gasteiger partial charge in [0.2, 0.25) is 5.91 Å². The summed E-state index contributed by atoms with van der Waals surface area (Å²) in [5.41, 5.74) is 0.215. The maximum atomic E-state index is 13.2. The van der Waals surface area contributed by atoms with Gasteiger partial charge in [-0.25, -0.2) is 4.39 Å². The molecule has 0 saturated carbocycles. The van der Waals surface area contributed by atoms with Crippen LogP contribution in [0.5, 0.6) is 0 Å². The normalized spacial score (nSPS) is 26.1. The molecule has 0 bridgehead atoms. The smallest absolute Gasteiger partial charge is 0.219 e. The number of nitrogens with zero attached hydrogens (tertiary/aromatic N) is 3. The van der Waals surface area contributed by atoms with Crippen molar-refractivity contribution in [2.45, 2.75) is 62.7 Å². The van der Waals surface area contributed by atoms with Gasteiger partial charge < -0.3 is 24.5 Å². The Morgan fingerprint density at radius 3 is 2.42 bits per heavy atom. The van der Waals surface area contributed by atoms with Gasteiger partial charge in [0.1, 0.15) is 5.82 Å². The largest absolute Gasteiger partial charge is 0.388 e. The first kappa shape index (κ1) is 22.5. The first-order chi connectivity index (χ1) is 14.8. The third kappa shape index (κ3) is 5.21. The predicted molar refractivity (Wildman–Crippen MR) is 119 cm³/mol. The van der Waals surface area contributed by atoms with Gasteiger partial charge in [-0.05, 0) is 62.8 Å². The fourth-order valence-corrected chi connectivity index (χ4v) is 5.46. The number of aliphatic hydroxyl groups is 1. The van der Waals surface area contributed by atoms with E-state index in [1.165, 1.54) is 12.1 Å². The lowest BCUT2D eigenvalue weighted by Crippen LogP contribution is -2.57. The minimum Gasteiger partial charge on any atom is -0.388 e. The summed E-state index contributed by atoms with van der Waals surface area (Å²) in [6.07, 6.45) is 5.15. The SMILES string of the molecule is CC(=O)N(C)C1CCOC2(CCN(CC3(O)CCN(c4ccc(F)cc4)CC3)CC2)C1. The summed E-state index contributed by atoms with van der Waals surface area (Å²) >= 11 is 0. The second kappa shape index (κ2) is 9.04. The predicted octanol–water partition coefficient (Wildman–Crippen LogP) is 2.65. The van der Waals surface area contributed by atoms with Crippen molar-refractivity contribution in [3.63, 3.8) is 0 Å². The number of β-amino-alcohol motifs (C(OH)–C–C–N with tert-alkyl or cyclic N) is 1. The zero-order valence-corrected chi connectivity index (χ0v) is 18.9. The maximum Gasteiger partial charge on any atom is 0.219 e. The number of carbonyl (C=O) groups excluding carboxylic acids is 1. The van der Waals surface area contributed by atoms with E-state index < -0.39 is 5.60 Å². The summed E-state index contributed by atoms with van der Waals surface area (Å²) in [5.74, 6) is -0.102. The molecule has 1 aromatic rings. The van der Waals surface area contributed by atoms with Crippen LogP contribution in [-0.4, -0.2) is 84.4 Å². The Hall–Kier alpha value is -1.70. The highest BCUT2D eigenvalue weighted by atomic mass is 19.1.